The van der Waals surface area contributed by atoms with Crippen LogP contribution in [-0.2, 0) is 36.3 Å². The lowest BCUT2D eigenvalue weighted by Gasteiger charge is -2.19. The third-order valence-electron chi connectivity index (χ3n) is 4.25. The van der Waals surface area contributed by atoms with Crippen LogP contribution < -0.4 is 0 Å². The second-order valence-corrected chi connectivity index (χ2v) is 11.1. The zero-order chi connectivity index (χ0) is 24.5. The number of phosphoric acid groups is 2. The summed E-state index contributed by atoms with van der Waals surface area (Å²) in [5, 5.41) is 0. The Bertz CT molecular complexity index is 728. The Hall–Kier alpha value is -0.820. The normalized spacial score (nSPS) is 15.2. The predicted octanol–water partition coefficient (Wildman–Crippen LogP) is 7.17. The molecule has 1 atom stereocenters. The molecule has 10 heteroatoms. The van der Waals surface area contributed by atoms with Crippen molar-refractivity contribution in [3.63, 3.8) is 0 Å². The highest BCUT2D eigenvalue weighted by atomic mass is 31.3. The van der Waals surface area contributed by atoms with E-state index in [-0.39, 0.29) is 6.61 Å². The van der Waals surface area contributed by atoms with E-state index in [0.717, 1.165) is 47.0 Å². The molecule has 0 fully saturated rings. The summed E-state index contributed by atoms with van der Waals surface area (Å²) < 4.78 is 53.3. The van der Waals surface area contributed by atoms with Crippen molar-refractivity contribution in [1.82, 2.24) is 0 Å². The van der Waals surface area contributed by atoms with Gasteiger partial charge in [0.1, 0.15) is 0 Å². The van der Waals surface area contributed by atoms with Gasteiger partial charge in [0.05, 0.1) is 19.8 Å². The van der Waals surface area contributed by atoms with E-state index >= 15 is 0 Å². The van der Waals surface area contributed by atoms with E-state index in [2.05, 4.69) is 59.5 Å². The Kier molecular flexibility index (Phi) is 17.2. The summed E-state index contributed by atoms with van der Waals surface area (Å²) in [6, 6.07) is 0. The maximum Gasteiger partial charge on any atom is 0.483 e. The highest BCUT2D eigenvalue weighted by molar-refractivity contribution is 7.62. The topological polar surface area (TPSA) is 89.5 Å². The molecule has 32 heavy (non-hydrogen) atoms. The molecule has 0 amide bonds. The van der Waals surface area contributed by atoms with Crippen molar-refractivity contribution in [3.05, 3.63) is 47.1 Å². The molecule has 0 aliphatic carbocycles. The van der Waals surface area contributed by atoms with E-state index in [1.165, 1.54) is 16.7 Å². The van der Waals surface area contributed by atoms with E-state index in [4.69, 9.17) is 13.6 Å². The van der Waals surface area contributed by atoms with Crippen LogP contribution in [0.3, 0.4) is 0 Å². The maximum atomic E-state index is 12.3. The minimum atomic E-state index is -4.08. The number of rotatable bonds is 18. The van der Waals surface area contributed by atoms with E-state index in [1.54, 1.807) is 12.2 Å². The average Bonchev–Trinajstić information content (AvgIpc) is 2.75. The van der Waals surface area contributed by atoms with E-state index < -0.39 is 15.6 Å². The third-order valence-corrected chi connectivity index (χ3v) is 7.66. The Balaban J connectivity index is 4.13. The van der Waals surface area contributed by atoms with Gasteiger partial charge in [0.25, 0.3) is 0 Å². The standard InChI is InChI=1S/C22H40O8P2/c1-20(2)12-10-13-21(3)14-11-15-22(4)16-19-28-17-8-9-18-29-32(24,27-7)30-31(23,25-5)26-6/h8-9,12,14,16H,10-11,13,15,17-19H2,1-7H3/b9-8+,21-14+,22-16+. The summed E-state index contributed by atoms with van der Waals surface area (Å²) >= 11 is 0. The summed E-state index contributed by atoms with van der Waals surface area (Å²) in [4.78, 5) is 0. The summed E-state index contributed by atoms with van der Waals surface area (Å²) in [6.45, 7) is 9.31. The molecule has 0 N–H and O–H groups in total. The number of allylic oxidation sites excluding steroid dienone is 5. The van der Waals surface area contributed by atoms with Gasteiger partial charge >= 0.3 is 15.6 Å². The van der Waals surface area contributed by atoms with E-state index in [1.807, 2.05) is 0 Å². The van der Waals surface area contributed by atoms with Crippen LogP contribution in [-0.4, -0.2) is 41.2 Å². The van der Waals surface area contributed by atoms with Gasteiger partial charge in [-0.2, -0.15) is 4.31 Å². The molecular formula is C22H40O8P2. The Morgan fingerprint density at radius 3 is 1.78 bits per heavy atom. The minimum Gasteiger partial charge on any atom is -0.373 e. The van der Waals surface area contributed by atoms with Crippen molar-refractivity contribution in [2.24, 2.45) is 0 Å². The monoisotopic (exact) mass is 494 g/mol. The average molecular weight is 495 g/mol. The van der Waals surface area contributed by atoms with Crippen molar-refractivity contribution in [2.45, 2.75) is 53.4 Å². The lowest BCUT2D eigenvalue weighted by Crippen LogP contribution is -2.00. The highest BCUT2D eigenvalue weighted by Gasteiger charge is 2.38. The van der Waals surface area contributed by atoms with Crippen LogP contribution in [0.25, 0.3) is 0 Å². The smallest absolute Gasteiger partial charge is 0.373 e. The lowest BCUT2D eigenvalue weighted by atomic mass is 10.1. The second-order valence-electron chi connectivity index (χ2n) is 7.29. The number of hydrogen-bond donors (Lipinski definition) is 0. The van der Waals surface area contributed by atoms with E-state index in [0.29, 0.717) is 13.2 Å². The molecule has 0 spiro atoms. The zero-order valence-corrected chi connectivity index (χ0v) is 22.3. The fourth-order valence-electron chi connectivity index (χ4n) is 2.32. The zero-order valence-electron chi connectivity index (χ0n) is 20.5. The fraction of sp³-hybridized carbons (Fsp3) is 0.636. The SMILES string of the molecule is COP(=O)(OC)OP(=O)(OC)OC/C=C/COC/C=C(\C)CC/C=C(\C)CCC=C(C)C. The largest absolute Gasteiger partial charge is 0.483 e. The van der Waals surface area contributed by atoms with Gasteiger partial charge < -0.3 is 4.74 Å². The molecule has 1 unspecified atom stereocenters. The number of hydrogen-bond acceptors (Lipinski definition) is 8. The summed E-state index contributed by atoms with van der Waals surface area (Å²) in [5.41, 5.74) is 4.07. The Morgan fingerprint density at radius 1 is 0.688 bits per heavy atom. The molecular weight excluding hydrogens is 454 g/mol. The molecule has 0 aromatic rings. The molecule has 0 saturated heterocycles. The van der Waals surface area contributed by atoms with Gasteiger partial charge in [-0.25, -0.2) is 9.13 Å². The first kappa shape index (κ1) is 31.2. The predicted molar refractivity (Wildman–Crippen MR) is 129 cm³/mol. The molecule has 0 rings (SSSR count). The van der Waals surface area contributed by atoms with Crippen molar-refractivity contribution in [2.75, 3.05) is 41.2 Å². The molecule has 186 valence electrons. The van der Waals surface area contributed by atoms with E-state index in [9.17, 15) is 9.13 Å². The molecule has 0 aromatic carbocycles. The van der Waals surface area contributed by atoms with Gasteiger partial charge in [0.15, 0.2) is 0 Å². The van der Waals surface area contributed by atoms with Crippen molar-refractivity contribution in [3.8, 4) is 0 Å². The van der Waals surface area contributed by atoms with Gasteiger partial charge in [-0.15, -0.1) is 0 Å². The molecule has 0 aliphatic heterocycles. The molecule has 0 bridgehead atoms. The van der Waals surface area contributed by atoms with Crippen LogP contribution in [0.15, 0.2) is 47.1 Å². The van der Waals surface area contributed by atoms with Gasteiger partial charge in [0, 0.05) is 21.3 Å². The second kappa shape index (κ2) is 17.6. The van der Waals surface area contributed by atoms with Crippen LogP contribution in [0.4, 0.5) is 0 Å². The summed E-state index contributed by atoms with van der Waals surface area (Å²) in [6.07, 6.45) is 14.2. The first-order valence-electron chi connectivity index (χ1n) is 10.5. The molecule has 0 aromatic heterocycles. The Morgan fingerprint density at radius 2 is 1.22 bits per heavy atom. The molecule has 0 heterocycles. The first-order chi connectivity index (χ1) is 15.1. The molecule has 8 nitrogen and oxygen atoms in total. The van der Waals surface area contributed by atoms with Crippen molar-refractivity contribution < 1.29 is 36.3 Å². The van der Waals surface area contributed by atoms with Crippen LogP contribution >= 0.6 is 15.6 Å². The molecule has 0 saturated carbocycles. The van der Waals surface area contributed by atoms with Crippen molar-refractivity contribution in [1.29, 1.82) is 0 Å². The lowest BCUT2D eigenvalue weighted by molar-refractivity contribution is 0.150. The maximum absolute atomic E-state index is 12.3. The van der Waals surface area contributed by atoms with Crippen LogP contribution in [0.5, 0.6) is 0 Å². The highest BCUT2D eigenvalue weighted by Crippen LogP contribution is 2.64. The summed E-state index contributed by atoms with van der Waals surface area (Å²) in [7, 11) is -4.77. The first-order valence-corrected chi connectivity index (χ1v) is 13.4. The Labute approximate surface area is 193 Å². The number of ether oxygens (including phenoxy) is 1. The van der Waals surface area contributed by atoms with Gasteiger partial charge in [-0.1, -0.05) is 47.1 Å². The van der Waals surface area contributed by atoms with Gasteiger partial charge in [-0.05, 0) is 53.4 Å². The fourth-order valence-corrected chi connectivity index (χ4v) is 4.81. The van der Waals surface area contributed by atoms with Crippen LogP contribution in [0.2, 0.25) is 0 Å². The number of phosphoric ester groups is 2. The van der Waals surface area contributed by atoms with Gasteiger partial charge in [0.2, 0.25) is 0 Å². The molecule has 0 aliphatic rings. The van der Waals surface area contributed by atoms with Crippen LogP contribution in [0.1, 0.15) is 53.4 Å². The summed E-state index contributed by atoms with van der Waals surface area (Å²) in [5.74, 6) is 0. The molecule has 0 radical (unpaired) electrons. The third kappa shape index (κ3) is 15.9. The van der Waals surface area contributed by atoms with Crippen LogP contribution in [0, 0.1) is 0 Å². The minimum absolute atomic E-state index is 0.0872. The van der Waals surface area contributed by atoms with Crippen molar-refractivity contribution >= 4 is 15.6 Å². The van der Waals surface area contributed by atoms with Gasteiger partial charge in [-0.3, -0.25) is 18.1 Å². The quantitative estimate of drug-likeness (QED) is 0.113.